The molecule has 0 spiro atoms. The van der Waals surface area contributed by atoms with Gasteiger partial charge in [-0.3, -0.25) is 0 Å². The SMILES string of the molecule is OC1(CNCc2ccc(F)cc2F)CCCC1. The van der Waals surface area contributed by atoms with Crippen LogP contribution in [-0.2, 0) is 6.54 Å². The summed E-state index contributed by atoms with van der Waals surface area (Å²) in [6, 6.07) is 3.54. The van der Waals surface area contributed by atoms with Crippen molar-refractivity contribution in [1.29, 1.82) is 0 Å². The van der Waals surface area contributed by atoms with Crippen molar-refractivity contribution < 1.29 is 13.9 Å². The number of aliphatic hydroxyl groups is 1. The van der Waals surface area contributed by atoms with Crippen LogP contribution >= 0.6 is 0 Å². The van der Waals surface area contributed by atoms with Crippen molar-refractivity contribution in [3.8, 4) is 0 Å². The maximum atomic E-state index is 13.3. The van der Waals surface area contributed by atoms with Crippen LogP contribution in [0.5, 0.6) is 0 Å². The van der Waals surface area contributed by atoms with Gasteiger partial charge < -0.3 is 10.4 Å². The van der Waals surface area contributed by atoms with Crippen molar-refractivity contribution in [1.82, 2.24) is 5.32 Å². The predicted octanol–water partition coefficient (Wildman–Crippen LogP) is 2.36. The third-order valence-electron chi connectivity index (χ3n) is 3.32. The molecule has 1 aliphatic carbocycles. The van der Waals surface area contributed by atoms with Crippen LogP contribution in [0.2, 0.25) is 0 Å². The fourth-order valence-electron chi connectivity index (χ4n) is 2.30. The fourth-order valence-corrected chi connectivity index (χ4v) is 2.30. The molecular formula is C13H17F2NO. The summed E-state index contributed by atoms with van der Waals surface area (Å²) >= 11 is 0. The van der Waals surface area contributed by atoms with E-state index in [1.165, 1.54) is 12.1 Å². The molecule has 2 nitrogen and oxygen atoms in total. The van der Waals surface area contributed by atoms with Gasteiger partial charge in [0, 0.05) is 24.7 Å². The van der Waals surface area contributed by atoms with Crippen LogP contribution in [-0.4, -0.2) is 17.3 Å². The lowest BCUT2D eigenvalue weighted by atomic mass is 10.0. The van der Waals surface area contributed by atoms with Crippen molar-refractivity contribution in [2.45, 2.75) is 37.8 Å². The van der Waals surface area contributed by atoms with Crippen LogP contribution in [0.3, 0.4) is 0 Å². The quantitative estimate of drug-likeness (QED) is 0.848. The third kappa shape index (κ3) is 3.23. The molecule has 2 N–H and O–H groups in total. The molecule has 0 amide bonds. The van der Waals surface area contributed by atoms with Crippen LogP contribution in [0.4, 0.5) is 8.78 Å². The zero-order valence-electron chi connectivity index (χ0n) is 9.68. The van der Waals surface area contributed by atoms with Crippen LogP contribution in [0.25, 0.3) is 0 Å². The van der Waals surface area contributed by atoms with Gasteiger partial charge in [0.05, 0.1) is 5.60 Å². The molecule has 2 rings (SSSR count). The largest absolute Gasteiger partial charge is 0.389 e. The fraction of sp³-hybridized carbons (Fsp3) is 0.538. The molecule has 1 fully saturated rings. The first-order valence-corrected chi connectivity index (χ1v) is 5.96. The number of hydrogen-bond acceptors (Lipinski definition) is 2. The molecule has 94 valence electrons. The number of hydrogen-bond donors (Lipinski definition) is 2. The Morgan fingerprint density at radius 1 is 1.24 bits per heavy atom. The van der Waals surface area contributed by atoms with Gasteiger partial charge in [-0.2, -0.15) is 0 Å². The van der Waals surface area contributed by atoms with Crippen LogP contribution in [0.1, 0.15) is 31.2 Å². The first-order chi connectivity index (χ1) is 8.09. The predicted molar refractivity (Wildman–Crippen MR) is 61.5 cm³/mol. The molecule has 0 unspecified atom stereocenters. The summed E-state index contributed by atoms with van der Waals surface area (Å²) in [5.41, 5.74) is -0.218. The maximum Gasteiger partial charge on any atom is 0.130 e. The van der Waals surface area contributed by atoms with Crippen molar-refractivity contribution in [3.05, 3.63) is 35.4 Å². The molecule has 0 saturated heterocycles. The second-order valence-electron chi connectivity index (χ2n) is 4.77. The molecule has 1 aromatic rings. The van der Waals surface area contributed by atoms with E-state index in [4.69, 9.17) is 0 Å². The normalized spacial score (nSPS) is 18.5. The van der Waals surface area contributed by atoms with Crippen molar-refractivity contribution in [2.24, 2.45) is 0 Å². The topological polar surface area (TPSA) is 32.3 Å². The van der Waals surface area contributed by atoms with Gasteiger partial charge in [-0.1, -0.05) is 18.9 Å². The number of nitrogens with one attached hydrogen (secondary N) is 1. The molecule has 1 aliphatic rings. The Bertz CT molecular complexity index is 389. The Labute approximate surface area is 99.7 Å². The minimum atomic E-state index is -0.642. The van der Waals surface area contributed by atoms with Gasteiger partial charge in [-0.05, 0) is 18.9 Å². The monoisotopic (exact) mass is 241 g/mol. The molecule has 0 aliphatic heterocycles. The Kier molecular flexibility index (Phi) is 3.74. The minimum Gasteiger partial charge on any atom is -0.389 e. The molecule has 1 aromatic carbocycles. The van der Waals surface area contributed by atoms with Crippen LogP contribution in [0, 0.1) is 11.6 Å². The summed E-state index contributed by atoms with van der Waals surface area (Å²) in [7, 11) is 0. The third-order valence-corrected chi connectivity index (χ3v) is 3.32. The molecule has 0 aromatic heterocycles. The molecule has 1 saturated carbocycles. The van der Waals surface area contributed by atoms with Crippen molar-refractivity contribution >= 4 is 0 Å². The zero-order chi connectivity index (χ0) is 12.3. The highest BCUT2D eigenvalue weighted by Gasteiger charge is 2.30. The highest BCUT2D eigenvalue weighted by Crippen LogP contribution is 2.28. The summed E-state index contributed by atoms with van der Waals surface area (Å²) < 4.78 is 26.0. The lowest BCUT2D eigenvalue weighted by Crippen LogP contribution is -2.37. The summed E-state index contributed by atoms with van der Waals surface area (Å²) in [5.74, 6) is -1.11. The molecule has 4 heteroatoms. The Morgan fingerprint density at radius 3 is 2.59 bits per heavy atom. The van der Waals surface area contributed by atoms with E-state index < -0.39 is 17.2 Å². The molecule has 0 bridgehead atoms. The number of halogens is 2. The highest BCUT2D eigenvalue weighted by atomic mass is 19.1. The van der Waals surface area contributed by atoms with Crippen LogP contribution < -0.4 is 5.32 Å². The van der Waals surface area contributed by atoms with Gasteiger partial charge in [0.1, 0.15) is 11.6 Å². The van der Waals surface area contributed by atoms with Gasteiger partial charge >= 0.3 is 0 Å². The van der Waals surface area contributed by atoms with Gasteiger partial charge in [0.25, 0.3) is 0 Å². The Balaban J connectivity index is 1.85. The van der Waals surface area contributed by atoms with E-state index in [2.05, 4.69) is 5.32 Å². The summed E-state index contributed by atoms with van der Waals surface area (Å²) in [4.78, 5) is 0. The first-order valence-electron chi connectivity index (χ1n) is 5.96. The summed E-state index contributed by atoms with van der Waals surface area (Å²) in [6.45, 7) is 0.776. The van der Waals surface area contributed by atoms with Crippen LogP contribution in [0.15, 0.2) is 18.2 Å². The summed E-state index contributed by atoms with van der Waals surface area (Å²) in [5, 5.41) is 13.1. The van der Waals surface area contributed by atoms with E-state index >= 15 is 0 Å². The standard InChI is InChI=1S/C13H17F2NO/c14-11-4-3-10(12(15)7-11)8-16-9-13(17)5-1-2-6-13/h3-4,7,16-17H,1-2,5-6,8-9H2. The zero-order valence-corrected chi connectivity index (χ0v) is 9.68. The minimum absolute atomic E-state index is 0.314. The Morgan fingerprint density at radius 2 is 1.94 bits per heavy atom. The smallest absolute Gasteiger partial charge is 0.130 e. The number of rotatable bonds is 4. The maximum absolute atomic E-state index is 13.3. The first kappa shape index (κ1) is 12.5. The van der Waals surface area contributed by atoms with E-state index in [1.807, 2.05) is 0 Å². The molecule has 0 heterocycles. The molecule has 17 heavy (non-hydrogen) atoms. The highest BCUT2D eigenvalue weighted by molar-refractivity contribution is 5.18. The van der Waals surface area contributed by atoms with E-state index in [0.717, 1.165) is 31.7 Å². The molecule has 0 radical (unpaired) electrons. The lowest BCUT2D eigenvalue weighted by Gasteiger charge is -2.22. The molecular weight excluding hydrogens is 224 g/mol. The second-order valence-corrected chi connectivity index (χ2v) is 4.77. The van der Waals surface area contributed by atoms with Crippen molar-refractivity contribution in [3.63, 3.8) is 0 Å². The van der Waals surface area contributed by atoms with E-state index in [9.17, 15) is 13.9 Å². The van der Waals surface area contributed by atoms with Gasteiger partial charge in [0.2, 0.25) is 0 Å². The van der Waals surface area contributed by atoms with E-state index in [-0.39, 0.29) is 0 Å². The summed E-state index contributed by atoms with van der Waals surface area (Å²) in [6.07, 6.45) is 3.68. The van der Waals surface area contributed by atoms with Gasteiger partial charge in [0.15, 0.2) is 0 Å². The van der Waals surface area contributed by atoms with Gasteiger partial charge in [-0.25, -0.2) is 8.78 Å². The second kappa shape index (κ2) is 5.10. The van der Waals surface area contributed by atoms with E-state index in [1.54, 1.807) is 0 Å². The van der Waals surface area contributed by atoms with E-state index in [0.29, 0.717) is 18.7 Å². The number of benzene rings is 1. The van der Waals surface area contributed by atoms with Gasteiger partial charge in [-0.15, -0.1) is 0 Å². The average Bonchev–Trinajstić information content (AvgIpc) is 2.69. The lowest BCUT2D eigenvalue weighted by molar-refractivity contribution is 0.0474. The average molecular weight is 241 g/mol. The Hall–Kier alpha value is -1.00. The van der Waals surface area contributed by atoms with Crippen molar-refractivity contribution in [2.75, 3.05) is 6.54 Å². The molecule has 0 atom stereocenters.